The maximum absolute atomic E-state index is 12.6. The summed E-state index contributed by atoms with van der Waals surface area (Å²) in [6, 6.07) is 14.6. The maximum Gasteiger partial charge on any atom is 0.274 e. The van der Waals surface area contributed by atoms with Crippen LogP contribution in [0.5, 0.6) is 5.75 Å². The molecule has 0 saturated heterocycles. The third kappa shape index (κ3) is 4.78. The number of hydrogen-bond donors (Lipinski definition) is 2. The third-order valence-electron chi connectivity index (χ3n) is 4.16. The second-order valence-electron chi connectivity index (χ2n) is 6.26. The molecule has 0 bridgehead atoms. The van der Waals surface area contributed by atoms with Gasteiger partial charge in [0.2, 0.25) is 0 Å². The van der Waals surface area contributed by atoms with Gasteiger partial charge in [-0.3, -0.25) is 4.79 Å². The van der Waals surface area contributed by atoms with Gasteiger partial charge in [-0.1, -0.05) is 29.8 Å². The Labute approximate surface area is 168 Å². The van der Waals surface area contributed by atoms with Crippen LogP contribution in [0.25, 0.3) is 0 Å². The first-order valence-electron chi connectivity index (χ1n) is 8.75. The topological polar surface area (TPSA) is 76.1 Å². The van der Waals surface area contributed by atoms with E-state index in [1.807, 2.05) is 31.2 Å². The summed E-state index contributed by atoms with van der Waals surface area (Å²) in [4.78, 5) is 21.3. The minimum atomic E-state index is -0.309. The molecule has 0 radical (unpaired) electrons. The molecule has 0 saturated carbocycles. The van der Waals surface area contributed by atoms with Crippen LogP contribution in [0.3, 0.4) is 0 Å². The zero-order chi connectivity index (χ0) is 20.1. The summed E-state index contributed by atoms with van der Waals surface area (Å²) in [6.07, 6.45) is 0. The molecule has 0 aliphatic heterocycles. The highest BCUT2D eigenvalue weighted by Gasteiger charge is 2.13. The van der Waals surface area contributed by atoms with Crippen molar-refractivity contribution in [3.8, 4) is 5.75 Å². The first kappa shape index (κ1) is 19.6. The third-order valence-corrected chi connectivity index (χ3v) is 4.39. The van der Waals surface area contributed by atoms with Gasteiger partial charge in [-0.05, 0) is 43.7 Å². The second-order valence-corrected chi connectivity index (χ2v) is 6.70. The minimum absolute atomic E-state index is 0.282. The van der Waals surface area contributed by atoms with Gasteiger partial charge >= 0.3 is 0 Å². The van der Waals surface area contributed by atoms with Crippen molar-refractivity contribution < 1.29 is 9.53 Å². The number of benzene rings is 2. The van der Waals surface area contributed by atoms with Crippen LogP contribution in [0.4, 0.5) is 11.5 Å². The van der Waals surface area contributed by atoms with Gasteiger partial charge in [0.25, 0.3) is 5.91 Å². The van der Waals surface area contributed by atoms with Crippen LogP contribution >= 0.6 is 11.6 Å². The molecule has 1 aromatic heterocycles. The normalized spacial score (nSPS) is 10.4. The minimum Gasteiger partial charge on any atom is -0.496 e. The van der Waals surface area contributed by atoms with E-state index in [4.69, 9.17) is 16.3 Å². The molecule has 0 fully saturated rings. The number of ether oxygens (including phenoxy) is 1. The van der Waals surface area contributed by atoms with E-state index in [1.165, 1.54) is 0 Å². The second kappa shape index (κ2) is 8.71. The summed E-state index contributed by atoms with van der Waals surface area (Å²) in [7, 11) is 1.63. The van der Waals surface area contributed by atoms with E-state index < -0.39 is 0 Å². The average Bonchev–Trinajstić information content (AvgIpc) is 2.68. The lowest BCUT2D eigenvalue weighted by Gasteiger charge is -2.12. The van der Waals surface area contributed by atoms with Crippen LogP contribution in [-0.2, 0) is 6.54 Å². The summed E-state index contributed by atoms with van der Waals surface area (Å²) in [5.41, 5.74) is 2.84. The number of para-hydroxylation sites is 1. The number of methoxy groups -OCH3 is 1. The van der Waals surface area contributed by atoms with Crippen LogP contribution < -0.4 is 15.4 Å². The number of anilines is 2. The molecule has 0 atom stereocenters. The summed E-state index contributed by atoms with van der Waals surface area (Å²) < 4.78 is 5.36. The molecule has 3 rings (SSSR count). The Morgan fingerprint density at radius 2 is 1.89 bits per heavy atom. The molecule has 2 aromatic carbocycles. The largest absolute Gasteiger partial charge is 0.496 e. The van der Waals surface area contributed by atoms with Gasteiger partial charge in [0.05, 0.1) is 7.11 Å². The van der Waals surface area contributed by atoms with Gasteiger partial charge in [0.1, 0.15) is 23.1 Å². The summed E-state index contributed by atoms with van der Waals surface area (Å²) in [5, 5.41) is 6.71. The van der Waals surface area contributed by atoms with Crippen LogP contribution in [0.2, 0.25) is 5.02 Å². The zero-order valence-corrected chi connectivity index (χ0v) is 16.7. The average molecular weight is 397 g/mol. The van der Waals surface area contributed by atoms with Gasteiger partial charge in [0.15, 0.2) is 0 Å². The number of nitrogens with one attached hydrogen (secondary N) is 2. The van der Waals surface area contributed by atoms with Crippen LogP contribution in [0.15, 0.2) is 48.5 Å². The quantitative estimate of drug-likeness (QED) is 0.635. The predicted molar refractivity (Wildman–Crippen MR) is 111 cm³/mol. The van der Waals surface area contributed by atoms with Gasteiger partial charge in [-0.2, -0.15) is 0 Å². The van der Waals surface area contributed by atoms with Crippen LogP contribution in [0.1, 0.15) is 27.4 Å². The summed E-state index contributed by atoms with van der Waals surface area (Å²) in [6.45, 7) is 4.14. The molecule has 1 heterocycles. The first-order chi connectivity index (χ1) is 13.5. The van der Waals surface area contributed by atoms with Gasteiger partial charge in [-0.25, -0.2) is 9.97 Å². The van der Waals surface area contributed by atoms with E-state index >= 15 is 0 Å². The smallest absolute Gasteiger partial charge is 0.274 e. The molecule has 144 valence electrons. The monoisotopic (exact) mass is 396 g/mol. The Hall–Kier alpha value is -3.12. The molecule has 2 N–H and O–H groups in total. The van der Waals surface area contributed by atoms with Crippen molar-refractivity contribution >= 4 is 29.0 Å². The van der Waals surface area contributed by atoms with Crippen LogP contribution in [0, 0.1) is 13.8 Å². The van der Waals surface area contributed by atoms with Crippen molar-refractivity contribution in [3.63, 3.8) is 0 Å². The van der Waals surface area contributed by atoms with Crippen LogP contribution in [-0.4, -0.2) is 23.0 Å². The first-order valence-corrected chi connectivity index (χ1v) is 9.13. The predicted octanol–water partition coefficient (Wildman–Crippen LogP) is 4.62. The number of carbonyl (C=O) groups is 1. The molecule has 0 spiro atoms. The van der Waals surface area contributed by atoms with E-state index in [2.05, 4.69) is 20.6 Å². The number of carbonyl (C=O) groups excluding carboxylic acids is 1. The van der Waals surface area contributed by atoms with Crippen molar-refractivity contribution in [3.05, 3.63) is 76.2 Å². The molecular formula is C21H21ClN4O2. The van der Waals surface area contributed by atoms with E-state index in [9.17, 15) is 4.79 Å². The van der Waals surface area contributed by atoms with Crippen molar-refractivity contribution in [1.82, 2.24) is 9.97 Å². The molecule has 7 heteroatoms. The van der Waals surface area contributed by atoms with E-state index in [0.29, 0.717) is 28.9 Å². The summed E-state index contributed by atoms with van der Waals surface area (Å²) in [5.74, 6) is 1.55. The molecule has 0 aliphatic carbocycles. The number of rotatable bonds is 6. The Morgan fingerprint density at radius 3 is 2.64 bits per heavy atom. The fourth-order valence-corrected chi connectivity index (χ4v) is 2.99. The Bertz CT molecular complexity index is 1010. The highest BCUT2D eigenvalue weighted by molar-refractivity contribution is 6.30. The van der Waals surface area contributed by atoms with E-state index in [1.54, 1.807) is 38.3 Å². The van der Waals surface area contributed by atoms with E-state index in [-0.39, 0.29) is 11.6 Å². The number of amides is 1. The lowest BCUT2D eigenvalue weighted by molar-refractivity contribution is 0.102. The summed E-state index contributed by atoms with van der Waals surface area (Å²) >= 11 is 5.97. The Kier molecular flexibility index (Phi) is 6.11. The van der Waals surface area contributed by atoms with Crippen molar-refractivity contribution in [2.24, 2.45) is 0 Å². The van der Waals surface area contributed by atoms with Crippen molar-refractivity contribution in [2.75, 3.05) is 17.7 Å². The number of halogens is 1. The molecule has 3 aromatic rings. The fourth-order valence-electron chi connectivity index (χ4n) is 2.76. The SMILES string of the molecule is COc1ccccc1CNc1cc(C(=O)Nc2ccc(Cl)cc2C)nc(C)n1. The molecule has 6 nitrogen and oxygen atoms in total. The van der Waals surface area contributed by atoms with Gasteiger partial charge in [-0.15, -0.1) is 0 Å². The Morgan fingerprint density at radius 1 is 1.11 bits per heavy atom. The molecular weight excluding hydrogens is 376 g/mol. The van der Waals surface area contributed by atoms with Gasteiger partial charge in [0, 0.05) is 28.9 Å². The number of nitrogens with zero attached hydrogens (tertiary/aromatic N) is 2. The highest BCUT2D eigenvalue weighted by atomic mass is 35.5. The fraction of sp³-hybridized carbons (Fsp3) is 0.190. The van der Waals surface area contributed by atoms with E-state index in [0.717, 1.165) is 16.9 Å². The van der Waals surface area contributed by atoms with Gasteiger partial charge < -0.3 is 15.4 Å². The Balaban J connectivity index is 1.76. The maximum atomic E-state index is 12.6. The lowest BCUT2D eigenvalue weighted by Crippen LogP contribution is -2.16. The molecule has 28 heavy (non-hydrogen) atoms. The standard InChI is InChI=1S/C21H21ClN4O2/c1-13-10-16(22)8-9-17(13)26-21(27)18-11-20(25-14(2)24-18)23-12-15-6-4-5-7-19(15)28-3/h4-11H,12H2,1-3H3,(H,26,27)(H,23,24,25). The molecule has 1 amide bonds. The number of aryl methyl sites for hydroxylation is 2. The lowest BCUT2D eigenvalue weighted by atomic mass is 10.2. The highest BCUT2D eigenvalue weighted by Crippen LogP contribution is 2.21. The number of hydrogen-bond acceptors (Lipinski definition) is 5. The zero-order valence-electron chi connectivity index (χ0n) is 15.9. The molecule has 0 aliphatic rings. The van der Waals surface area contributed by atoms with Crippen molar-refractivity contribution in [2.45, 2.75) is 20.4 Å². The molecule has 0 unspecified atom stereocenters. The van der Waals surface area contributed by atoms with Crippen molar-refractivity contribution in [1.29, 1.82) is 0 Å². The number of aromatic nitrogens is 2.